The Hall–Kier alpha value is -2.55. The van der Waals surface area contributed by atoms with Crippen LogP contribution in [-0.2, 0) is 9.84 Å². The predicted molar refractivity (Wildman–Crippen MR) is 89.2 cm³/mol. The van der Waals surface area contributed by atoms with Gasteiger partial charge >= 0.3 is 0 Å². The molecule has 9 heteroatoms. The van der Waals surface area contributed by atoms with Gasteiger partial charge in [-0.1, -0.05) is 0 Å². The summed E-state index contributed by atoms with van der Waals surface area (Å²) in [6, 6.07) is 4.34. The summed E-state index contributed by atoms with van der Waals surface area (Å²) in [5.74, 6) is -2.43. The highest BCUT2D eigenvalue weighted by atomic mass is 32.2. The molecule has 132 valence electrons. The molecule has 1 saturated heterocycles. The third-order valence-corrected chi connectivity index (χ3v) is 5.55. The van der Waals surface area contributed by atoms with E-state index in [0.29, 0.717) is 12.1 Å². The Labute approximate surface area is 143 Å². The number of pyridine rings is 1. The fourth-order valence-corrected chi connectivity index (χ4v) is 4.24. The fraction of sp³-hybridized carbons (Fsp3) is 0.250. The standard InChI is InChI=1S/C16H15F2N3O3S/c17-14-2-1-11(6-15(14)18)21-16(22)10-5-13(8-19-7-10)20-12-3-4-25(23,24)9-12/h1-2,5-8,12,20H,3-4,9H2,(H,21,22). The number of anilines is 2. The lowest BCUT2D eigenvalue weighted by atomic mass is 10.2. The van der Waals surface area contributed by atoms with Gasteiger partial charge in [0.05, 0.1) is 22.8 Å². The van der Waals surface area contributed by atoms with Crippen LogP contribution in [0.1, 0.15) is 16.8 Å². The van der Waals surface area contributed by atoms with Gasteiger partial charge in [-0.2, -0.15) is 0 Å². The van der Waals surface area contributed by atoms with Crippen LogP contribution < -0.4 is 10.6 Å². The number of aromatic nitrogens is 1. The zero-order chi connectivity index (χ0) is 18.0. The van der Waals surface area contributed by atoms with Gasteiger partial charge in [0.15, 0.2) is 21.5 Å². The van der Waals surface area contributed by atoms with Crippen molar-refractivity contribution in [3.8, 4) is 0 Å². The van der Waals surface area contributed by atoms with Crippen molar-refractivity contribution in [3.05, 3.63) is 53.9 Å². The Balaban J connectivity index is 1.70. The van der Waals surface area contributed by atoms with E-state index in [4.69, 9.17) is 0 Å². The molecule has 1 unspecified atom stereocenters. The van der Waals surface area contributed by atoms with Gasteiger partial charge in [-0.3, -0.25) is 9.78 Å². The van der Waals surface area contributed by atoms with Crippen molar-refractivity contribution in [3.63, 3.8) is 0 Å². The molecule has 2 N–H and O–H groups in total. The highest BCUT2D eigenvalue weighted by Crippen LogP contribution is 2.19. The van der Waals surface area contributed by atoms with Crippen LogP contribution in [0.15, 0.2) is 36.7 Å². The molecule has 2 heterocycles. The first-order valence-corrected chi connectivity index (χ1v) is 9.33. The van der Waals surface area contributed by atoms with Gasteiger partial charge in [0.25, 0.3) is 5.91 Å². The summed E-state index contributed by atoms with van der Waals surface area (Å²) < 4.78 is 49.1. The number of amides is 1. The molecule has 0 radical (unpaired) electrons. The number of rotatable bonds is 4. The van der Waals surface area contributed by atoms with Crippen molar-refractivity contribution in [2.24, 2.45) is 0 Å². The van der Waals surface area contributed by atoms with Crippen LogP contribution in [0, 0.1) is 11.6 Å². The second-order valence-electron chi connectivity index (χ2n) is 5.79. The number of sulfone groups is 1. The van der Waals surface area contributed by atoms with Crippen LogP contribution in [0.5, 0.6) is 0 Å². The number of benzene rings is 1. The summed E-state index contributed by atoms with van der Waals surface area (Å²) >= 11 is 0. The molecule has 6 nitrogen and oxygen atoms in total. The number of carbonyl (C=O) groups is 1. The first-order chi connectivity index (χ1) is 11.8. The van der Waals surface area contributed by atoms with Gasteiger partial charge in [0, 0.05) is 30.2 Å². The minimum Gasteiger partial charge on any atom is -0.380 e. The SMILES string of the molecule is O=C(Nc1ccc(F)c(F)c1)c1cncc(NC2CCS(=O)(=O)C2)c1. The van der Waals surface area contributed by atoms with E-state index in [1.165, 1.54) is 24.5 Å². The quantitative estimate of drug-likeness (QED) is 0.865. The average molecular weight is 367 g/mol. The average Bonchev–Trinajstić information content (AvgIpc) is 2.90. The van der Waals surface area contributed by atoms with Crippen LogP contribution in [-0.4, -0.2) is 36.9 Å². The van der Waals surface area contributed by atoms with Crippen LogP contribution >= 0.6 is 0 Å². The molecule has 0 bridgehead atoms. The Morgan fingerprint density at radius 1 is 1.12 bits per heavy atom. The fourth-order valence-electron chi connectivity index (χ4n) is 2.56. The zero-order valence-corrected chi connectivity index (χ0v) is 13.8. The van der Waals surface area contributed by atoms with Gasteiger partial charge in [0.1, 0.15) is 0 Å². The Morgan fingerprint density at radius 3 is 2.60 bits per heavy atom. The van der Waals surface area contributed by atoms with E-state index in [-0.39, 0.29) is 28.8 Å². The molecule has 1 aromatic heterocycles. The molecule has 1 atom stereocenters. The minimum absolute atomic E-state index is 0.0400. The van der Waals surface area contributed by atoms with Crippen LogP contribution in [0.2, 0.25) is 0 Å². The van der Waals surface area contributed by atoms with Crippen LogP contribution in [0.4, 0.5) is 20.2 Å². The maximum atomic E-state index is 13.2. The number of hydrogen-bond acceptors (Lipinski definition) is 5. The molecule has 1 aromatic carbocycles. The molecule has 1 amide bonds. The number of nitrogens with one attached hydrogen (secondary N) is 2. The molecular formula is C16H15F2N3O3S. The maximum absolute atomic E-state index is 13.2. The number of carbonyl (C=O) groups excluding carboxylic acids is 1. The number of halogens is 2. The van der Waals surface area contributed by atoms with Crippen molar-refractivity contribution in [2.45, 2.75) is 12.5 Å². The monoisotopic (exact) mass is 367 g/mol. The predicted octanol–water partition coefficient (Wildman–Crippen LogP) is 2.21. The van der Waals surface area contributed by atoms with Crippen molar-refractivity contribution >= 4 is 27.1 Å². The van der Waals surface area contributed by atoms with Gasteiger partial charge < -0.3 is 10.6 Å². The normalized spacial score (nSPS) is 18.7. The van der Waals surface area contributed by atoms with E-state index in [9.17, 15) is 22.0 Å². The largest absolute Gasteiger partial charge is 0.380 e. The first-order valence-electron chi connectivity index (χ1n) is 7.51. The Bertz CT molecular complexity index is 919. The van der Waals surface area contributed by atoms with Crippen molar-refractivity contribution in [2.75, 3.05) is 22.1 Å². The third kappa shape index (κ3) is 4.30. The summed E-state index contributed by atoms with van der Waals surface area (Å²) in [4.78, 5) is 16.2. The van der Waals surface area contributed by atoms with Crippen molar-refractivity contribution in [1.82, 2.24) is 4.98 Å². The van der Waals surface area contributed by atoms with Crippen LogP contribution in [0.25, 0.3) is 0 Å². The molecule has 1 fully saturated rings. The molecule has 3 rings (SSSR count). The van der Waals surface area contributed by atoms with Gasteiger partial charge in [-0.25, -0.2) is 17.2 Å². The molecule has 2 aromatic rings. The molecule has 0 saturated carbocycles. The van der Waals surface area contributed by atoms with E-state index < -0.39 is 27.4 Å². The second-order valence-corrected chi connectivity index (χ2v) is 8.02. The second kappa shape index (κ2) is 6.75. The molecule has 1 aliphatic heterocycles. The summed E-state index contributed by atoms with van der Waals surface area (Å²) in [6.07, 6.45) is 3.30. The lowest BCUT2D eigenvalue weighted by molar-refractivity contribution is 0.102. The molecule has 25 heavy (non-hydrogen) atoms. The summed E-state index contributed by atoms with van der Waals surface area (Å²) in [5, 5.41) is 5.49. The van der Waals surface area contributed by atoms with Crippen molar-refractivity contribution < 1.29 is 22.0 Å². The highest BCUT2D eigenvalue weighted by molar-refractivity contribution is 7.91. The third-order valence-electron chi connectivity index (χ3n) is 3.78. The lowest BCUT2D eigenvalue weighted by Crippen LogP contribution is -2.21. The Morgan fingerprint density at radius 2 is 1.92 bits per heavy atom. The molecular weight excluding hydrogens is 352 g/mol. The number of hydrogen-bond donors (Lipinski definition) is 2. The Kier molecular flexibility index (Phi) is 4.67. The molecule has 1 aliphatic rings. The smallest absolute Gasteiger partial charge is 0.257 e. The maximum Gasteiger partial charge on any atom is 0.257 e. The van der Waals surface area contributed by atoms with Crippen molar-refractivity contribution in [1.29, 1.82) is 0 Å². The molecule has 0 spiro atoms. The lowest BCUT2D eigenvalue weighted by Gasteiger charge is -2.13. The summed E-state index contributed by atoms with van der Waals surface area (Å²) in [7, 11) is -3.02. The van der Waals surface area contributed by atoms with E-state index in [1.807, 2.05) is 0 Å². The van der Waals surface area contributed by atoms with E-state index >= 15 is 0 Å². The van der Waals surface area contributed by atoms with Gasteiger partial charge in [-0.15, -0.1) is 0 Å². The first kappa shape index (κ1) is 17.3. The van der Waals surface area contributed by atoms with E-state index in [2.05, 4.69) is 15.6 Å². The van der Waals surface area contributed by atoms with Crippen LogP contribution in [0.3, 0.4) is 0 Å². The molecule has 0 aliphatic carbocycles. The van der Waals surface area contributed by atoms with Gasteiger partial charge in [0.2, 0.25) is 0 Å². The number of nitrogens with zero attached hydrogens (tertiary/aromatic N) is 1. The highest BCUT2D eigenvalue weighted by Gasteiger charge is 2.27. The van der Waals surface area contributed by atoms with E-state index in [0.717, 1.165) is 12.1 Å². The van der Waals surface area contributed by atoms with E-state index in [1.54, 1.807) is 0 Å². The van der Waals surface area contributed by atoms with Gasteiger partial charge in [-0.05, 0) is 24.6 Å². The summed E-state index contributed by atoms with van der Waals surface area (Å²) in [6.45, 7) is 0. The minimum atomic E-state index is -3.02. The zero-order valence-electron chi connectivity index (χ0n) is 13.0. The topological polar surface area (TPSA) is 88.2 Å². The summed E-state index contributed by atoms with van der Waals surface area (Å²) in [5.41, 5.74) is 0.833.